The lowest BCUT2D eigenvalue weighted by Crippen LogP contribution is -2.50. The summed E-state index contributed by atoms with van der Waals surface area (Å²) in [4.78, 5) is 44.2. The van der Waals surface area contributed by atoms with Crippen LogP contribution in [0.5, 0.6) is 5.75 Å². The van der Waals surface area contributed by atoms with Gasteiger partial charge in [0.1, 0.15) is 29.9 Å². The highest BCUT2D eigenvalue weighted by Gasteiger charge is 2.61. The molecule has 3 aliphatic heterocycles. The largest absolute Gasteiger partial charge is 0.476 e. The molecule has 0 saturated carbocycles. The lowest BCUT2D eigenvalue weighted by molar-refractivity contribution is -0.124. The molecule has 4 bridgehead atoms. The number of anilines is 1. The van der Waals surface area contributed by atoms with Gasteiger partial charge in [-0.1, -0.05) is 81.4 Å². The normalized spacial score (nSPS) is 22.8. The Morgan fingerprint density at radius 3 is 2.56 bits per heavy atom. The maximum Gasteiger partial charge on any atom is 0.408 e. The molecule has 4 atom stereocenters. The number of amides is 2. The van der Waals surface area contributed by atoms with Crippen LogP contribution in [0.1, 0.15) is 71.2 Å². The third-order valence-electron chi connectivity index (χ3n) is 8.61. The van der Waals surface area contributed by atoms with Gasteiger partial charge in [-0.05, 0) is 34.2 Å². The quantitative estimate of drug-likeness (QED) is 0.253. The van der Waals surface area contributed by atoms with Crippen LogP contribution in [0.25, 0.3) is 0 Å². The van der Waals surface area contributed by atoms with E-state index in [0.29, 0.717) is 11.3 Å². The molecule has 4 heterocycles. The molecule has 4 aromatic rings. The maximum atomic E-state index is 13.9. The molecule has 2 amide bonds. The average Bonchev–Trinajstić information content (AvgIpc) is 3.67. The highest BCUT2D eigenvalue weighted by atomic mass is 16.5. The van der Waals surface area contributed by atoms with Gasteiger partial charge in [-0.3, -0.25) is 4.79 Å². The lowest BCUT2D eigenvalue weighted by Gasteiger charge is -2.31. The Balaban J connectivity index is 1.37. The third kappa shape index (κ3) is 4.66. The number of aromatic carboxylic acids is 1. The Labute approximate surface area is 258 Å². The number of fused-ring (bicyclic) bond motifs is 4. The van der Waals surface area contributed by atoms with Gasteiger partial charge in [-0.15, -0.1) is 0 Å². The molecular weight excluding hydrogens is 576 g/mol. The van der Waals surface area contributed by atoms with Crippen LogP contribution in [0.15, 0.2) is 77.2 Å². The van der Waals surface area contributed by atoms with E-state index in [1.54, 1.807) is 6.07 Å². The van der Waals surface area contributed by atoms with E-state index < -0.39 is 47.1 Å². The highest BCUT2D eigenvalue weighted by molar-refractivity contribution is 5.89. The average molecular weight is 609 g/mol. The fraction of sp³-hybridized carbons (Fsp3) is 0.294. The Bertz CT molecular complexity index is 1830. The van der Waals surface area contributed by atoms with E-state index >= 15 is 0 Å². The van der Waals surface area contributed by atoms with Gasteiger partial charge in [0.25, 0.3) is 0 Å². The van der Waals surface area contributed by atoms with E-state index in [-0.39, 0.29) is 30.4 Å². The lowest BCUT2D eigenvalue weighted by atomic mass is 9.72. The van der Waals surface area contributed by atoms with Crippen molar-refractivity contribution in [2.24, 2.45) is 5.41 Å². The van der Waals surface area contributed by atoms with E-state index in [1.807, 2.05) is 87.5 Å². The zero-order chi connectivity index (χ0) is 31.5. The second kappa shape index (κ2) is 10.4. The number of hydrogen-bond acceptors (Lipinski definition) is 8. The first-order valence-electron chi connectivity index (χ1n) is 14.7. The number of oxazole rings is 1. The molecule has 4 N–H and O–H groups in total. The van der Waals surface area contributed by atoms with Gasteiger partial charge < -0.3 is 34.9 Å². The van der Waals surface area contributed by atoms with E-state index in [2.05, 4.69) is 20.9 Å². The van der Waals surface area contributed by atoms with Crippen molar-refractivity contribution in [2.45, 2.75) is 57.5 Å². The number of para-hydroxylation sites is 1. The molecule has 0 radical (unpaired) electrons. The van der Waals surface area contributed by atoms with Crippen molar-refractivity contribution in [2.75, 3.05) is 5.32 Å². The number of nitrogens with zero attached hydrogens (tertiary/aromatic N) is 1. The Morgan fingerprint density at radius 2 is 1.80 bits per heavy atom. The minimum atomic E-state index is -1.27. The molecule has 11 nitrogen and oxygen atoms in total. The number of hydrogen-bond donors (Lipinski definition) is 4. The summed E-state index contributed by atoms with van der Waals surface area (Å²) in [5.74, 6) is -1.07. The summed E-state index contributed by atoms with van der Waals surface area (Å²) in [5, 5.41) is 19.6. The van der Waals surface area contributed by atoms with E-state index in [1.165, 1.54) is 0 Å². The molecule has 7 rings (SSSR count). The second-order valence-corrected chi connectivity index (χ2v) is 12.6. The van der Waals surface area contributed by atoms with Crippen molar-refractivity contribution in [3.63, 3.8) is 0 Å². The number of benzene rings is 3. The SMILES string of the molecule is CC(C)(C)[C@@H]1NC(=O)[C@@H](NC(=O)OCc2ccccc2)Cc2ccc3c(c2)[C@@]2(c4ccccc4N[C@@H]2O3)c2oc1nc2C(=O)O. The van der Waals surface area contributed by atoms with Gasteiger partial charge in [0.05, 0.1) is 0 Å². The molecule has 0 saturated heterocycles. The number of rotatable bonds is 4. The van der Waals surface area contributed by atoms with Gasteiger partial charge in [-0.2, -0.15) is 0 Å². The topological polar surface area (TPSA) is 152 Å². The summed E-state index contributed by atoms with van der Waals surface area (Å²) >= 11 is 0. The Kier molecular flexibility index (Phi) is 6.57. The Hall–Kier alpha value is -5.32. The van der Waals surface area contributed by atoms with Crippen LogP contribution in [0, 0.1) is 5.41 Å². The van der Waals surface area contributed by atoms with E-state index in [0.717, 1.165) is 22.4 Å². The van der Waals surface area contributed by atoms with Crippen molar-refractivity contribution in [3.8, 4) is 5.75 Å². The summed E-state index contributed by atoms with van der Waals surface area (Å²) in [6, 6.07) is 20.5. The molecular formula is C34H32N4O7. The fourth-order valence-electron chi connectivity index (χ4n) is 6.47. The van der Waals surface area contributed by atoms with E-state index in [4.69, 9.17) is 13.9 Å². The first-order chi connectivity index (χ1) is 21.6. The van der Waals surface area contributed by atoms with Gasteiger partial charge in [0.2, 0.25) is 11.8 Å². The number of nitrogens with one attached hydrogen (secondary N) is 3. The summed E-state index contributed by atoms with van der Waals surface area (Å²) in [5.41, 5.74) is 1.64. The number of carbonyl (C=O) groups excluding carboxylic acids is 2. The van der Waals surface area contributed by atoms with Crippen LogP contribution in [0.4, 0.5) is 10.5 Å². The smallest absolute Gasteiger partial charge is 0.408 e. The Morgan fingerprint density at radius 1 is 1.04 bits per heavy atom. The number of alkyl carbamates (subject to hydrolysis) is 1. The van der Waals surface area contributed by atoms with E-state index in [9.17, 15) is 19.5 Å². The van der Waals surface area contributed by atoms with Crippen LogP contribution >= 0.6 is 0 Å². The van der Waals surface area contributed by atoms with Gasteiger partial charge in [0.15, 0.2) is 17.7 Å². The number of carbonyl (C=O) groups is 3. The molecule has 0 aliphatic carbocycles. The van der Waals surface area contributed by atoms with Crippen molar-refractivity contribution < 1.29 is 33.4 Å². The monoisotopic (exact) mass is 608 g/mol. The van der Waals surface area contributed by atoms with Crippen molar-refractivity contribution in [3.05, 3.63) is 112 Å². The summed E-state index contributed by atoms with van der Waals surface area (Å²) < 4.78 is 18.4. The van der Waals surface area contributed by atoms with Crippen LogP contribution < -0.4 is 20.7 Å². The zero-order valence-corrected chi connectivity index (χ0v) is 24.9. The number of aromatic nitrogens is 1. The zero-order valence-electron chi connectivity index (χ0n) is 24.9. The molecule has 1 spiro atoms. The fourth-order valence-corrected chi connectivity index (χ4v) is 6.47. The predicted octanol–water partition coefficient (Wildman–Crippen LogP) is 4.91. The molecule has 230 valence electrons. The minimum Gasteiger partial charge on any atom is -0.476 e. The predicted molar refractivity (Wildman–Crippen MR) is 162 cm³/mol. The van der Waals surface area contributed by atoms with Crippen molar-refractivity contribution in [1.82, 2.24) is 15.6 Å². The van der Waals surface area contributed by atoms with Crippen LogP contribution in [-0.2, 0) is 28.0 Å². The van der Waals surface area contributed by atoms with Crippen molar-refractivity contribution in [1.29, 1.82) is 0 Å². The first-order valence-corrected chi connectivity index (χ1v) is 14.7. The molecule has 0 unspecified atom stereocenters. The van der Waals surface area contributed by atoms with Crippen molar-refractivity contribution >= 4 is 23.7 Å². The molecule has 1 aromatic heterocycles. The highest BCUT2D eigenvalue weighted by Crippen LogP contribution is 2.58. The third-order valence-corrected chi connectivity index (χ3v) is 8.61. The summed E-state index contributed by atoms with van der Waals surface area (Å²) in [6.07, 6.45) is -1.34. The van der Waals surface area contributed by atoms with Gasteiger partial charge >= 0.3 is 12.1 Å². The minimum absolute atomic E-state index is 0.0369. The number of ether oxygens (including phenoxy) is 2. The molecule has 3 aromatic carbocycles. The number of carboxylic acid groups (broad SMARTS) is 1. The van der Waals surface area contributed by atoms with Crippen LogP contribution in [0.3, 0.4) is 0 Å². The van der Waals surface area contributed by atoms with Crippen LogP contribution in [-0.4, -0.2) is 40.3 Å². The van der Waals surface area contributed by atoms with Crippen LogP contribution in [0.2, 0.25) is 0 Å². The standard InChI is InChI=1S/C34H32N4O7/c1-33(2,3)26-29-37-25(30(40)41)27(45-29)34-20-11-7-8-12-22(20)35-31(34)44-24-14-13-19(15-21(24)34)16-23(28(39)38-26)36-32(42)43-17-18-9-5-4-6-10-18/h4-15,23,26,31,35H,16-17H2,1-3H3,(H,36,42)(H,38,39)(H,40,41)/t23-,26+,31+,34-/m0/s1. The summed E-state index contributed by atoms with van der Waals surface area (Å²) in [7, 11) is 0. The second-order valence-electron chi connectivity index (χ2n) is 12.6. The maximum absolute atomic E-state index is 13.9. The molecule has 45 heavy (non-hydrogen) atoms. The molecule has 11 heteroatoms. The summed E-state index contributed by atoms with van der Waals surface area (Å²) in [6.45, 7) is 5.70. The molecule has 3 aliphatic rings. The van der Waals surface area contributed by atoms with Gasteiger partial charge in [-0.25, -0.2) is 14.6 Å². The first kappa shape index (κ1) is 28.5. The number of carboxylic acids is 1. The molecule has 0 fully saturated rings. The van der Waals surface area contributed by atoms with Gasteiger partial charge in [0, 0.05) is 17.7 Å².